The number of ether oxygens (including phenoxy) is 1. The summed E-state index contributed by atoms with van der Waals surface area (Å²) < 4.78 is 5.51. The van der Waals surface area contributed by atoms with Gasteiger partial charge < -0.3 is 15.2 Å². The van der Waals surface area contributed by atoms with Crippen molar-refractivity contribution in [3.8, 4) is 5.75 Å². The van der Waals surface area contributed by atoms with E-state index in [4.69, 9.17) is 4.74 Å². The van der Waals surface area contributed by atoms with E-state index in [9.17, 15) is 9.90 Å². The molecule has 0 fully saturated rings. The Bertz CT molecular complexity index is 700. The zero-order valence-electron chi connectivity index (χ0n) is 14.7. The normalized spacial score (nSPS) is 11.2. The molecule has 0 aliphatic rings. The van der Waals surface area contributed by atoms with Crippen LogP contribution >= 0.6 is 0 Å². The number of rotatable bonds is 6. The number of hydrogen-bond acceptors (Lipinski definition) is 3. The average molecular weight is 327 g/mol. The molecule has 2 rings (SSSR count). The van der Waals surface area contributed by atoms with Gasteiger partial charge in [0.15, 0.2) is 6.61 Å². The highest BCUT2D eigenvalue weighted by Crippen LogP contribution is 2.19. The number of aryl methyl sites for hydroxylation is 2. The molecule has 2 N–H and O–H groups in total. The Balaban J connectivity index is 1.81. The fraction of sp³-hybridized carbons (Fsp3) is 0.350. The second kappa shape index (κ2) is 7.49. The molecule has 0 saturated heterocycles. The third-order valence-corrected chi connectivity index (χ3v) is 4.00. The predicted octanol–water partition coefficient (Wildman–Crippen LogP) is 3.23. The molecule has 0 bridgehead atoms. The molecule has 24 heavy (non-hydrogen) atoms. The number of hydrogen-bond donors (Lipinski definition) is 2. The molecule has 4 nitrogen and oxygen atoms in total. The first kappa shape index (κ1) is 18.0. The summed E-state index contributed by atoms with van der Waals surface area (Å²) in [7, 11) is 0. The van der Waals surface area contributed by atoms with Crippen LogP contribution < -0.4 is 10.1 Å². The van der Waals surface area contributed by atoms with E-state index in [1.54, 1.807) is 13.8 Å². The van der Waals surface area contributed by atoms with E-state index in [2.05, 4.69) is 5.32 Å². The Morgan fingerprint density at radius 3 is 2.33 bits per heavy atom. The molecule has 128 valence electrons. The topological polar surface area (TPSA) is 58.6 Å². The summed E-state index contributed by atoms with van der Waals surface area (Å²) in [6.07, 6.45) is 0. The van der Waals surface area contributed by atoms with Gasteiger partial charge in [-0.2, -0.15) is 0 Å². The lowest BCUT2D eigenvalue weighted by Crippen LogP contribution is -2.28. The van der Waals surface area contributed by atoms with Gasteiger partial charge in [0, 0.05) is 6.54 Å². The summed E-state index contributed by atoms with van der Waals surface area (Å²) >= 11 is 0. The van der Waals surface area contributed by atoms with Crippen LogP contribution in [-0.2, 0) is 16.9 Å². The second-order valence-corrected chi connectivity index (χ2v) is 6.57. The van der Waals surface area contributed by atoms with Crippen molar-refractivity contribution in [1.82, 2.24) is 5.32 Å². The molecule has 0 atom stereocenters. The summed E-state index contributed by atoms with van der Waals surface area (Å²) in [5.41, 5.74) is 3.29. The van der Waals surface area contributed by atoms with Gasteiger partial charge in [0.25, 0.3) is 5.91 Å². The zero-order valence-corrected chi connectivity index (χ0v) is 14.7. The maximum Gasteiger partial charge on any atom is 0.258 e. The Morgan fingerprint density at radius 1 is 1.08 bits per heavy atom. The lowest BCUT2D eigenvalue weighted by molar-refractivity contribution is -0.123. The van der Waals surface area contributed by atoms with Gasteiger partial charge in [0.1, 0.15) is 5.75 Å². The van der Waals surface area contributed by atoms with Crippen LogP contribution in [0.25, 0.3) is 0 Å². The largest absolute Gasteiger partial charge is 0.484 e. The number of carbonyl (C=O) groups excluding carboxylic acids is 1. The number of benzene rings is 2. The first-order chi connectivity index (χ1) is 11.3. The molecule has 2 aromatic rings. The molecule has 0 spiro atoms. The third-order valence-electron chi connectivity index (χ3n) is 4.00. The number of carbonyl (C=O) groups is 1. The second-order valence-electron chi connectivity index (χ2n) is 6.57. The summed E-state index contributed by atoms with van der Waals surface area (Å²) in [5, 5.41) is 12.8. The van der Waals surface area contributed by atoms with Crippen molar-refractivity contribution in [3.05, 3.63) is 64.7 Å². The van der Waals surface area contributed by atoms with Crippen molar-refractivity contribution >= 4 is 5.91 Å². The Hall–Kier alpha value is -2.33. The van der Waals surface area contributed by atoms with E-state index < -0.39 is 5.60 Å². The Kier molecular flexibility index (Phi) is 5.62. The fourth-order valence-electron chi connectivity index (χ4n) is 2.23. The molecule has 0 aliphatic heterocycles. The minimum Gasteiger partial charge on any atom is -0.484 e. The van der Waals surface area contributed by atoms with Crippen LogP contribution in [0.3, 0.4) is 0 Å². The van der Waals surface area contributed by atoms with E-state index >= 15 is 0 Å². The predicted molar refractivity (Wildman–Crippen MR) is 94.9 cm³/mol. The van der Waals surface area contributed by atoms with E-state index in [-0.39, 0.29) is 12.5 Å². The minimum atomic E-state index is -0.859. The first-order valence-electron chi connectivity index (χ1n) is 8.04. The molecule has 0 aliphatic carbocycles. The maximum atomic E-state index is 11.9. The van der Waals surface area contributed by atoms with Gasteiger partial charge in [-0.1, -0.05) is 30.3 Å². The van der Waals surface area contributed by atoms with Crippen LogP contribution in [0.1, 0.15) is 36.1 Å². The minimum absolute atomic E-state index is 0.00967. The Labute approximate surface area is 143 Å². The van der Waals surface area contributed by atoms with E-state index in [1.165, 1.54) is 5.56 Å². The van der Waals surface area contributed by atoms with Crippen molar-refractivity contribution in [1.29, 1.82) is 0 Å². The van der Waals surface area contributed by atoms with Gasteiger partial charge in [-0.25, -0.2) is 0 Å². The summed E-state index contributed by atoms with van der Waals surface area (Å²) in [6.45, 7) is 7.96. The Morgan fingerprint density at radius 2 is 1.75 bits per heavy atom. The van der Waals surface area contributed by atoms with Crippen molar-refractivity contribution in [2.24, 2.45) is 0 Å². The van der Waals surface area contributed by atoms with Gasteiger partial charge in [-0.3, -0.25) is 4.79 Å². The van der Waals surface area contributed by atoms with Crippen LogP contribution in [0.4, 0.5) is 0 Å². The maximum absolute atomic E-state index is 11.9. The van der Waals surface area contributed by atoms with Crippen LogP contribution in [0, 0.1) is 13.8 Å². The standard InChI is InChI=1S/C20H25NO3/c1-14-5-10-18(11-15(14)2)24-13-19(22)21-12-16-6-8-17(9-7-16)20(3,4)23/h5-11,23H,12-13H2,1-4H3,(H,21,22). The highest BCUT2D eigenvalue weighted by molar-refractivity contribution is 5.77. The van der Waals surface area contributed by atoms with Gasteiger partial charge >= 0.3 is 0 Å². The number of aliphatic hydroxyl groups is 1. The molecule has 4 heteroatoms. The average Bonchev–Trinajstić information content (AvgIpc) is 2.53. The van der Waals surface area contributed by atoms with Crippen molar-refractivity contribution < 1.29 is 14.6 Å². The lowest BCUT2D eigenvalue weighted by atomic mass is 9.97. The number of nitrogens with one attached hydrogen (secondary N) is 1. The van der Waals surface area contributed by atoms with Crippen LogP contribution in [0.5, 0.6) is 5.75 Å². The molecule has 0 heterocycles. The summed E-state index contributed by atoms with van der Waals surface area (Å²) in [6, 6.07) is 13.3. The molecule has 0 aromatic heterocycles. The van der Waals surface area contributed by atoms with Gasteiger partial charge in [0.2, 0.25) is 0 Å². The molecule has 2 aromatic carbocycles. The van der Waals surface area contributed by atoms with E-state index in [0.717, 1.165) is 16.7 Å². The molecular formula is C20H25NO3. The van der Waals surface area contributed by atoms with Crippen LogP contribution in [0.15, 0.2) is 42.5 Å². The SMILES string of the molecule is Cc1ccc(OCC(=O)NCc2ccc(C(C)(C)O)cc2)cc1C. The van der Waals surface area contributed by atoms with Crippen molar-refractivity contribution in [3.63, 3.8) is 0 Å². The zero-order chi connectivity index (χ0) is 17.7. The van der Waals surface area contributed by atoms with E-state index in [1.807, 2.05) is 56.3 Å². The van der Waals surface area contributed by atoms with E-state index in [0.29, 0.717) is 12.3 Å². The lowest BCUT2D eigenvalue weighted by Gasteiger charge is -2.18. The monoisotopic (exact) mass is 327 g/mol. The molecule has 0 saturated carbocycles. The quantitative estimate of drug-likeness (QED) is 0.856. The van der Waals surface area contributed by atoms with Gasteiger partial charge in [0.05, 0.1) is 5.60 Å². The molecule has 1 amide bonds. The van der Waals surface area contributed by atoms with Crippen molar-refractivity contribution in [2.75, 3.05) is 6.61 Å². The summed E-state index contributed by atoms with van der Waals surface area (Å²) in [5.74, 6) is 0.530. The van der Waals surface area contributed by atoms with Gasteiger partial charge in [-0.15, -0.1) is 0 Å². The smallest absolute Gasteiger partial charge is 0.258 e. The highest BCUT2D eigenvalue weighted by atomic mass is 16.5. The van der Waals surface area contributed by atoms with Crippen LogP contribution in [-0.4, -0.2) is 17.6 Å². The fourth-order valence-corrected chi connectivity index (χ4v) is 2.23. The first-order valence-corrected chi connectivity index (χ1v) is 8.04. The number of amides is 1. The third kappa shape index (κ3) is 5.10. The van der Waals surface area contributed by atoms with Crippen LogP contribution in [0.2, 0.25) is 0 Å². The summed E-state index contributed by atoms with van der Waals surface area (Å²) in [4.78, 5) is 11.9. The molecule has 0 radical (unpaired) electrons. The molecular weight excluding hydrogens is 302 g/mol. The van der Waals surface area contributed by atoms with Crippen molar-refractivity contribution in [2.45, 2.75) is 39.8 Å². The molecule has 0 unspecified atom stereocenters. The highest BCUT2D eigenvalue weighted by Gasteiger charge is 2.15. The van der Waals surface area contributed by atoms with Gasteiger partial charge in [-0.05, 0) is 62.1 Å².